The molecule has 0 aliphatic carbocycles. The van der Waals surface area contributed by atoms with Crippen molar-refractivity contribution in [3.05, 3.63) is 75.2 Å². The van der Waals surface area contributed by atoms with Crippen molar-refractivity contribution >= 4 is 23.2 Å². The summed E-state index contributed by atoms with van der Waals surface area (Å²) in [6.45, 7) is 1.17. The summed E-state index contributed by atoms with van der Waals surface area (Å²) in [5.41, 5.74) is -0.635. The van der Waals surface area contributed by atoms with Gasteiger partial charge < -0.3 is 10.1 Å². The van der Waals surface area contributed by atoms with Crippen molar-refractivity contribution in [3.63, 3.8) is 0 Å². The van der Waals surface area contributed by atoms with Gasteiger partial charge >= 0.3 is 6.18 Å². The quantitative estimate of drug-likeness (QED) is 0.618. The number of alkyl halides is 3. The zero-order valence-electron chi connectivity index (χ0n) is 16.5. The molecule has 6 nitrogen and oxygen atoms in total. The van der Waals surface area contributed by atoms with Crippen LogP contribution in [0.5, 0.6) is 5.75 Å². The molecule has 162 valence electrons. The van der Waals surface area contributed by atoms with Gasteiger partial charge in [-0.2, -0.15) is 13.2 Å². The maximum atomic E-state index is 13.0. The summed E-state index contributed by atoms with van der Waals surface area (Å²) >= 11 is 5.93. The van der Waals surface area contributed by atoms with Crippen LogP contribution >= 0.6 is 11.6 Å². The van der Waals surface area contributed by atoms with Gasteiger partial charge in [0.25, 0.3) is 5.56 Å². The number of aryl methyl sites for hydroxylation is 1. The van der Waals surface area contributed by atoms with Crippen LogP contribution in [-0.2, 0) is 17.5 Å². The van der Waals surface area contributed by atoms with Crippen molar-refractivity contribution in [2.45, 2.75) is 19.6 Å². The third kappa shape index (κ3) is 5.24. The van der Waals surface area contributed by atoms with Crippen LogP contribution in [0.1, 0.15) is 11.3 Å². The van der Waals surface area contributed by atoms with E-state index in [1.807, 2.05) is 0 Å². The minimum Gasteiger partial charge on any atom is -0.497 e. The highest BCUT2D eigenvalue weighted by Crippen LogP contribution is 2.33. The molecule has 0 aliphatic rings. The third-order valence-electron chi connectivity index (χ3n) is 4.35. The summed E-state index contributed by atoms with van der Waals surface area (Å²) in [6, 6.07) is 10.6. The standard InChI is InChI=1S/C21H17ClF3N3O3/c1-12-9-19(30)28(20(26-12)13-3-6-15(31-2)7-4-13)11-18(29)27-17-10-14(21(23,24)25)5-8-16(17)22/h3-10H,11H2,1-2H3,(H,27,29). The van der Waals surface area contributed by atoms with Crippen LogP contribution in [0.4, 0.5) is 18.9 Å². The van der Waals surface area contributed by atoms with Crippen molar-refractivity contribution < 1.29 is 22.7 Å². The zero-order valence-corrected chi connectivity index (χ0v) is 17.2. The van der Waals surface area contributed by atoms with Crippen LogP contribution < -0.4 is 15.6 Å². The Balaban J connectivity index is 1.92. The number of hydrogen-bond acceptors (Lipinski definition) is 4. The lowest BCUT2D eigenvalue weighted by Gasteiger charge is -2.15. The largest absolute Gasteiger partial charge is 0.497 e. The first kappa shape index (κ1) is 22.4. The maximum Gasteiger partial charge on any atom is 0.416 e. The smallest absolute Gasteiger partial charge is 0.416 e. The SMILES string of the molecule is COc1ccc(-c2nc(C)cc(=O)n2CC(=O)Nc2cc(C(F)(F)F)ccc2Cl)cc1. The van der Waals surface area contributed by atoms with Crippen molar-refractivity contribution in [2.24, 2.45) is 0 Å². The molecular formula is C21H17ClF3N3O3. The fraction of sp³-hybridized carbons (Fsp3) is 0.190. The summed E-state index contributed by atoms with van der Waals surface area (Å²) in [5, 5.41) is 2.27. The Bertz CT molecular complexity index is 1180. The molecule has 0 saturated heterocycles. The minimum absolute atomic E-state index is 0.0638. The van der Waals surface area contributed by atoms with E-state index in [1.54, 1.807) is 31.2 Å². The van der Waals surface area contributed by atoms with Crippen LogP contribution in [0.15, 0.2) is 53.3 Å². The lowest BCUT2D eigenvalue weighted by Crippen LogP contribution is -2.29. The van der Waals surface area contributed by atoms with Gasteiger partial charge in [0, 0.05) is 17.3 Å². The predicted molar refractivity (Wildman–Crippen MR) is 110 cm³/mol. The van der Waals surface area contributed by atoms with Gasteiger partial charge in [-0.05, 0) is 49.4 Å². The molecule has 0 radical (unpaired) electrons. The number of nitrogens with zero attached hydrogens (tertiary/aromatic N) is 2. The number of carbonyl (C=O) groups excluding carboxylic acids is 1. The zero-order chi connectivity index (χ0) is 22.8. The molecule has 0 saturated carbocycles. The third-order valence-corrected chi connectivity index (χ3v) is 4.68. The van der Waals surface area contributed by atoms with E-state index in [-0.39, 0.29) is 16.5 Å². The van der Waals surface area contributed by atoms with E-state index in [0.717, 1.165) is 22.8 Å². The van der Waals surface area contributed by atoms with Crippen LogP contribution in [0.25, 0.3) is 11.4 Å². The van der Waals surface area contributed by atoms with E-state index in [1.165, 1.54) is 13.2 Å². The number of hydrogen-bond donors (Lipinski definition) is 1. The molecule has 1 N–H and O–H groups in total. The lowest BCUT2D eigenvalue weighted by atomic mass is 10.2. The van der Waals surface area contributed by atoms with E-state index in [2.05, 4.69) is 10.3 Å². The lowest BCUT2D eigenvalue weighted by molar-refractivity contribution is -0.137. The molecule has 1 heterocycles. The van der Waals surface area contributed by atoms with Gasteiger partial charge in [-0.3, -0.25) is 14.2 Å². The number of nitrogens with one attached hydrogen (secondary N) is 1. The van der Waals surface area contributed by atoms with E-state index in [0.29, 0.717) is 17.0 Å². The number of benzene rings is 2. The number of ether oxygens (including phenoxy) is 1. The van der Waals surface area contributed by atoms with Crippen LogP contribution in [0.2, 0.25) is 5.02 Å². The highest BCUT2D eigenvalue weighted by molar-refractivity contribution is 6.33. The number of rotatable bonds is 5. The normalized spacial score (nSPS) is 11.3. The molecule has 3 rings (SSSR count). The Morgan fingerprint density at radius 3 is 2.45 bits per heavy atom. The van der Waals surface area contributed by atoms with Gasteiger partial charge in [-0.15, -0.1) is 0 Å². The Kier molecular flexibility index (Phi) is 6.35. The van der Waals surface area contributed by atoms with Crippen LogP contribution in [-0.4, -0.2) is 22.6 Å². The first-order chi connectivity index (χ1) is 14.6. The molecule has 0 fully saturated rings. The maximum absolute atomic E-state index is 13.0. The second-order valence-corrected chi connectivity index (χ2v) is 7.02. The van der Waals surface area contributed by atoms with Gasteiger partial charge in [-0.1, -0.05) is 11.6 Å². The highest BCUT2D eigenvalue weighted by Gasteiger charge is 2.31. The second kappa shape index (κ2) is 8.81. The second-order valence-electron chi connectivity index (χ2n) is 6.61. The van der Waals surface area contributed by atoms with Crippen molar-refractivity contribution in [1.29, 1.82) is 0 Å². The fourth-order valence-electron chi connectivity index (χ4n) is 2.86. The molecule has 2 aromatic carbocycles. The summed E-state index contributed by atoms with van der Waals surface area (Å²) in [4.78, 5) is 29.4. The van der Waals surface area contributed by atoms with Gasteiger partial charge in [0.2, 0.25) is 5.91 Å². The summed E-state index contributed by atoms with van der Waals surface area (Å²) in [5.74, 6) is 0.101. The number of carbonyl (C=O) groups is 1. The molecule has 0 unspecified atom stereocenters. The number of methoxy groups -OCH3 is 1. The number of aromatic nitrogens is 2. The Hall–Kier alpha value is -3.33. The van der Waals surface area contributed by atoms with Crippen molar-refractivity contribution in [1.82, 2.24) is 9.55 Å². The molecule has 0 spiro atoms. The number of amides is 1. The Labute approximate surface area is 180 Å². The van der Waals surface area contributed by atoms with Crippen molar-refractivity contribution in [3.8, 4) is 17.1 Å². The predicted octanol–water partition coefficient (Wildman–Crippen LogP) is 4.54. The number of anilines is 1. The average Bonchev–Trinajstić information content (AvgIpc) is 2.70. The van der Waals surface area contributed by atoms with Gasteiger partial charge in [0.15, 0.2) is 0 Å². The molecule has 10 heteroatoms. The molecular weight excluding hydrogens is 435 g/mol. The Morgan fingerprint density at radius 2 is 1.84 bits per heavy atom. The summed E-state index contributed by atoms with van der Waals surface area (Å²) in [6.07, 6.45) is -4.59. The summed E-state index contributed by atoms with van der Waals surface area (Å²) in [7, 11) is 1.51. The molecule has 1 amide bonds. The summed E-state index contributed by atoms with van der Waals surface area (Å²) < 4.78 is 45.1. The molecule has 0 aliphatic heterocycles. The highest BCUT2D eigenvalue weighted by atomic mass is 35.5. The topological polar surface area (TPSA) is 73.2 Å². The molecule has 3 aromatic rings. The Morgan fingerprint density at radius 1 is 1.16 bits per heavy atom. The first-order valence-corrected chi connectivity index (χ1v) is 9.36. The van der Waals surface area contributed by atoms with E-state index >= 15 is 0 Å². The van der Waals surface area contributed by atoms with E-state index in [9.17, 15) is 22.8 Å². The van der Waals surface area contributed by atoms with Crippen LogP contribution in [0.3, 0.4) is 0 Å². The van der Waals surface area contributed by atoms with Crippen molar-refractivity contribution in [2.75, 3.05) is 12.4 Å². The minimum atomic E-state index is -4.59. The van der Waals surface area contributed by atoms with Crippen LogP contribution in [0, 0.1) is 6.92 Å². The van der Waals surface area contributed by atoms with E-state index < -0.39 is 29.8 Å². The average molecular weight is 452 g/mol. The first-order valence-electron chi connectivity index (χ1n) is 8.98. The molecule has 0 atom stereocenters. The van der Waals surface area contributed by atoms with E-state index in [4.69, 9.17) is 16.3 Å². The van der Waals surface area contributed by atoms with Gasteiger partial charge in [0.1, 0.15) is 18.1 Å². The number of halogens is 4. The molecule has 0 bridgehead atoms. The van der Waals surface area contributed by atoms with Gasteiger partial charge in [0.05, 0.1) is 23.4 Å². The monoisotopic (exact) mass is 451 g/mol. The van der Waals surface area contributed by atoms with Gasteiger partial charge in [-0.25, -0.2) is 4.98 Å². The molecule has 1 aromatic heterocycles. The molecule has 31 heavy (non-hydrogen) atoms. The fourth-order valence-corrected chi connectivity index (χ4v) is 3.03.